The number of fused-ring (bicyclic) bond motifs is 1. The molecule has 37 heavy (non-hydrogen) atoms. The lowest BCUT2D eigenvalue weighted by Crippen LogP contribution is -2.36. The minimum absolute atomic E-state index is 0.0158. The minimum Gasteiger partial charge on any atom is -0.493 e. The Balaban J connectivity index is 1.63. The Labute approximate surface area is 219 Å². The van der Waals surface area contributed by atoms with E-state index in [2.05, 4.69) is 16.9 Å². The normalized spacial score (nSPS) is 16.1. The summed E-state index contributed by atoms with van der Waals surface area (Å²) in [4.78, 5) is 21.0. The second-order valence-corrected chi connectivity index (χ2v) is 11.1. The molecule has 1 unspecified atom stereocenters. The molecule has 3 heterocycles. The van der Waals surface area contributed by atoms with Crippen LogP contribution in [-0.2, 0) is 17.4 Å². The number of nitrogens with one attached hydrogen (secondary N) is 1. The van der Waals surface area contributed by atoms with Crippen LogP contribution in [0.2, 0.25) is 0 Å². The molecule has 0 spiro atoms. The molecule has 1 atom stereocenters. The lowest BCUT2D eigenvalue weighted by molar-refractivity contribution is 0.118. The first-order valence-corrected chi connectivity index (χ1v) is 14.1. The third-order valence-corrected chi connectivity index (χ3v) is 8.41. The number of aromatic nitrogens is 4. The molecule has 0 radical (unpaired) electrons. The van der Waals surface area contributed by atoms with Crippen molar-refractivity contribution in [1.82, 2.24) is 23.9 Å². The molecule has 0 aliphatic carbocycles. The number of hydrogen-bond donors (Lipinski definition) is 3. The summed E-state index contributed by atoms with van der Waals surface area (Å²) in [6, 6.07) is 5.36. The number of aromatic amines is 1. The summed E-state index contributed by atoms with van der Waals surface area (Å²) in [6.07, 6.45) is 4.06. The van der Waals surface area contributed by atoms with Gasteiger partial charge < -0.3 is 19.9 Å². The number of hydrogen-bond acceptors (Lipinski definition) is 7. The summed E-state index contributed by atoms with van der Waals surface area (Å²) in [5.74, 6) is 1.92. The highest BCUT2D eigenvalue weighted by atomic mass is 32.2. The number of aryl methyl sites for hydroxylation is 2. The number of H-pyrrole nitrogens is 1. The maximum Gasteiger partial charge on any atom is 0.277 e. The van der Waals surface area contributed by atoms with Crippen LogP contribution in [0.15, 0.2) is 27.9 Å². The average molecular weight is 532 g/mol. The quantitative estimate of drug-likeness (QED) is 0.346. The molecule has 0 bridgehead atoms. The standard InChI is InChI=1S/C26H37N5O5S/c1-4-6-23-27-17(3)24-26(34)28-25(29-31(23)24)21-14-20(7-8-22(21)36-5-2)37(35)30-11-9-18(10-12-30)13-19(15-32)16-33/h7-8,14,18-19,32-33H,4-6,9-13,15-16H2,1-3H3,(H,28,29,34). The molecular weight excluding hydrogens is 494 g/mol. The van der Waals surface area contributed by atoms with Gasteiger partial charge in [-0.15, -0.1) is 5.10 Å². The van der Waals surface area contributed by atoms with Crippen LogP contribution in [-0.4, -0.2) is 71.2 Å². The van der Waals surface area contributed by atoms with E-state index < -0.39 is 11.0 Å². The number of ether oxygens (including phenoxy) is 1. The second kappa shape index (κ2) is 12.3. The van der Waals surface area contributed by atoms with Crippen molar-refractivity contribution in [2.45, 2.75) is 57.8 Å². The molecule has 1 saturated heterocycles. The van der Waals surface area contributed by atoms with Crippen molar-refractivity contribution in [2.75, 3.05) is 32.9 Å². The van der Waals surface area contributed by atoms with Gasteiger partial charge in [-0.1, -0.05) is 6.92 Å². The Morgan fingerprint density at radius 2 is 1.95 bits per heavy atom. The fourth-order valence-electron chi connectivity index (χ4n) is 4.96. The van der Waals surface area contributed by atoms with Crippen molar-refractivity contribution < 1.29 is 19.2 Å². The molecule has 10 nitrogen and oxygen atoms in total. The highest BCUT2D eigenvalue weighted by molar-refractivity contribution is 7.82. The Bertz CT molecular complexity index is 1290. The minimum atomic E-state index is -1.39. The Morgan fingerprint density at radius 3 is 2.59 bits per heavy atom. The first-order valence-electron chi connectivity index (χ1n) is 13.0. The van der Waals surface area contributed by atoms with Gasteiger partial charge in [-0.25, -0.2) is 18.0 Å². The molecule has 1 aliphatic rings. The van der Waals surface area contributed by atoms with Gasteiger partial charge in [0.15, 0.2) is 11.3 Å². The lowest BCUT2D eigenvalue weighted by Gasteiger charge is -2.32. The fraction of sp³-hybridized carbons (Fsp3) is 0.577. The summed E-state index contributed by atoms with van der Waals surface area (Å²) in [6.45, 7) is 7.47. The molecule has 3 N–H and O–H groups in total. The van der Waals surface area contributed by atoms with Gasteiger partial charge in [-0.2, -0.15) is 0 Å². The average Bonchev–Trinajstić information content (AvgIpc) is 3.23. The molecule has 1 aromatic carbocycles. The van der Waals surface area contributed by atoms with Gasteiger partial charge in [0.2, 0.25) is 0 Å². The predicted octanol–water partition coefficient (Wildman–Crippen LogP) is 2.47. The number of imidazole rings is 1. The Hall–Kier alpha value is -2.60. The summed E-state index contributed by atoms with van der Waals surface area (Å²) in [7, 11) is -1.39. The van der Waals surface area contributed by atoms with Crippen LogP contribution < -0.4 is 10.3 Å². The van der Waals surface area contributed by atoms with Crippen LogP contribution in [0, 0.1) is 18.8 Å². The van der Waals surface area contributed by atoms with Crippen LogP contribution in [0.1, 0.15) is 51.0 Å². The zero-order valence-corrected chi connectivity index (χ0v) is 22.6. The van der Waals surface area contributed by atoms with E-state index in [-0.39, 0.29) is 24.7 Å². The van der Waals surface area contributed by atoms with E-state index in [1.54, 1.807) is 29.6 Å². The maximum atomic E-state index is 13.5. The van der Waals surface area contributed by atoms with Crippen molar-refractivity contribution in [2.24, 2.45) is 11.8 Å². The first-order chi connectivity index (χ1) is 17.9. The number of nitrogens with zero attached hydrogens (tertiary/aromatic N) is 4. The molecule has 1 aliphatic heterocycles. The summed E-state index contributed by atoms with van der Waals surface area (Å²) >= 11 is 0. The van der Waals surface area contributed by atoms with Crippen LogP contribution >= 0.6 is 0 Å². The van der Waals surface area contributed by atoms with Crippen molar-refractivity contribution in [3.63, 3.8) is 0 Å². The molecule has 202 valence electrons. The SMILES string of the molecule is CCCc1nc(C)c2c(=O)[nH]c(-c3cc(S(=O)N4CCC(CC(CO)CO)CC4)ccc3OCC)nn12. The second-order valence-electron chi connectivity index (χ2n) is 9.61. The van der Waals surface area contributed by atoms with Gasteiger partial charge in [0, 0.05) is 38.6 Å². The molecule has 11 heteroatoms. The largest absolute Gasteiger partial charge is 0.493 e. The molecule has 0 saturated carbocycles. The van der Waals surface area contributed by atoms with E-state index in [0.717, 1.165) is 31.5 Å². The van der Waals surface area contributed by atoms with Crippen molar-refractivity contribution in [1.29, 1.82) is 0 Å². The molecule has 3 aromatic rings. The zero-order valence-electron chi connectivity index (χ0n) is 21.8. The van der Waals surface area contributed by atoms with Crippen LogP contribution in [0.25, 0.3) is 16.9 Å². The van der Waals surface area contributed by atoms with Gasteiger partial charge in [0.05, 0.1) is 22.8 Å². The van der Waals surface area contributed by atoms with Gasteiger partial charge in [-0.05, 0) is 63.6 Å². The van der Waals surface area contributed by atoms with Crippen LogP contribution in [0.3, 0.4) is 0 Å². The van der Waals surface area contributed by atoms with E-state index >= 15 is 0 Å². The highest BCUT2D eigenvalue weighted by Crippen LogP contribution is 2.32. The lowest BCUT2D eigenvalue weighted by atomic mass is 9.88. The Morgan fingerprint density at radius 1 is 1.22 bits per heavy atom. The van der Waals surface area contributed by atoms with E-state index in [1.807, 2.05) is 11.2 Å². The maximum absolute atomic E-state index is 13.5. The smallest absolute Gasteiger partial charge is 0.277 e. The Kier molecular flexibility index (Phi) is 9.12. The summed E-state index contributed by atoms with van der Waals surface area (Å²) in [5.41, 5.74) is 1.36. The van der Waals surface area contributed by atoms with E-state index in [4.69, 9.17) is 9.84 Å². The third-order valence-electron chi connectivity index (χ3n) is 6.92. The molecule has 0 amide bonds. The molecule has 2 aromatic heterocycles. The number of rotatable bonds is 11. The summed E-state index contributed by atoms with van der Waals surface area (Å²) in [5, 5.41) is 23.5. The highest BCUT2D eigenvalue weighted by Gasteiger charge is 2.26. The fourth-order valence-corrected chi connectivity index (χ4v) is 6.21. The molecular formula is C26H37N5O5S. The number of aliphatic hydroxyl groups excluding tert-OH is 2. The number of aliphatic hydroxyl groups is 2. The molecule has 4 rings (SSSR count). The third kappa shape index (κ3) is 5.95. The van der Waals surface area contributed by atoms with Gasteiger partial charge >= 0.3 is 0 Å². The topological polar surface area (TPSA) is 133 Å². The zero-order chi connectivity index (χ0) is 26.5. The van der Waals surface area contributed by atoms with Crippen molar-refractivity contribution >= 4 is 16.5 Å². The van der Waals surface area contributed by atoms with Gasteiger partial charge in [0.25, 0.3) is 5.56 Å². The first kappa shape index (κ1) is 27.4. The molecule has 1 fully saturated rings. The van der Waals surface area contributed by atoms with Crippen LogP contribution in [0.4, 0.5) is 0 Å². The van der Waals surface area contributed by atoms with Crippen LogP contribution in [0.5, 0.6) is 5.75 Å². The monoisotopic (exact) mass is 531 g/mol. The van der Waals surface area contributed by atoms with E-state index in [1.165, 1.54) is 0 Å². The number of piperidine rings is 1. The van der Waals surface area contributed by atoms with Crippen molar-refractivity contribution in [3.05, 3.63) is 40.1 Å². The van der Waals surface area contributed by atoms with E-state index in [9.17, 15) is 19.2 Å². The van der Waals surface area contributed by atoms with Gasteiger partial charge in [-0.3, -0.25) is 4.79 Å². The predicted molar refractivity (Wildman–Crippen MR) is 142 cm³/mol. The van der Waals surface area contributed by atoms with E-state index in [0.29, 0.717) is 65.3 Å². The summed E-state index contributed by atoms with van der Waals surface area (Å²) < 4.78 is 22.9. The van der Waals surface area contributed by atoms with Crippen molar-refractivity contribution in [3.8, 4) is 17.1 Å². The van der Waals surface area contributed by atoms with Gasteiger partial charge in [0.1, 0.15) is 22.6 Å². The number of benzene rings is 1.